The molecule has 0 saturated carbocycles. The molecule has 0 unspecified atom stereocenters. The maximum absolute atomic E-state index is 9.39. The molecular formula is C8H14O. The number of allylic oxidation sites excluding steroid dienone is 1. The molecule has 1 heteroatoms. The van der Waals surface area contributed by atoms with Crippen molar-refractivity contribution in [3.05, 3.63) is 12.2 Å². The van der Waals surface area contributed by atoms with Crippen molar-refractivity contribution in [1.29, 1.82) is 0 Å². The highest BCUT2D eigenvalue weighted by Gasteiger charge is 2.27. The van der Waals surface area contributed by atoms with Gasteiger partial charge in [-0.2, -0.15) is 0 Å². The Kier molecular flexibility index (Phi) is 1.62. The van der Waals surface area contributed by atoms with E-state index < -0.39 is 0 Å². The van der Waals surface area contributed by atoms with E-state index in [1.54, 1.807) is 0 Å². The lowest BCUT2D eigenvalue weighted by molar-refractivity contribution is 0.0491. The summed E-state index contributed by atoms with van der Waals surface area (Å²) in [5.74, 6) is 0. The van der Waals surface area contributed by atoms with E-state index in [9.17, 15) is 5.11 Å². The molecule has 0 bridgehead atoms. The zero-order chi connectivity index (χ0) is 6.91. The van der Waals surface area contributed by atoms with Crippen molar-refractivity contribution in [3.63, 3.8) is 0 Å². The van der Waals surface area contributed by atoms with E-state index >= 15 is 0 Å². The monoisotopic (exact) mass is 126 g/mol. The number of hydrogen-bond donors (Lipinski definition) is 1. The van der Waals surface area contributed by atoms with Crippen LogP contribution in [0.4, 0.5) is 0 Å². The maximum atomic E-state index is 9.39. The van der Waals surface area contributed by atoms with Crippen molar-refractivity contribution >= 4 is 0 Å². The predicted octanol–water partition coefficient (Wildman–Crippen LogP) is 1.72. The van der Waals surface area contributed by atoms with Gasteiger partial charge in [0.2, 0.25) is 0 Å². The van der Waals surface area contributed by atoms with E-state index in [2.05, 4.69) is 26.0 Å². The lowest BCUT2D eigenvalue weighted by atomic mass is 9.78. The molecule has 0 saturated heterocycles. The fraction of sp³-hybridized carbons (Fsp3) is 0.750. The van der Waals surface area contributed by atoms with Crippen LogP contribution in [0, 0.1) is 5.41 Å². The van der Waals surface area contributed by atoms with Crippen LogP contribution in [0.3, 0.4) is 0 Å². The van der Waals surface area contributed by atoms with Gasteiger partial charge in [0.1, 0.15) is 0 Å². The standard InChI is InChI=1S/C8H14O/c1-8(2)6-4-3-5-7(8)9/h3-4,7,9H,5-6H2,1-2H3/t7-/m0/s1. The van der Waals surface area contributed by atoms with Crippen molar-refractivity contribution in [1.82, 2.24) is 0 Å². The van der Waals surface area contributed by atoms with E-state index in [1.807, 2.05) is 0 Å². The average Bonchev–Trinajstić information content (AvgIpc) is 1.77. The van der Waals surface area contributed by atoms with Gasteiger partial charge in [-0.15, -0.1) is 0 Å². The Balaban J connectivity index is 2.64. The van der Waals surface area contributed by atoms with Crippen LogP contribution in [0.1, 0.15) is 26.7 Å². The van der Waals surface area contributed by atoms with E-state index in [1.165, 1.54) is 0 Å². The molecule has 0 aromatic heterocycles. The molecule has 0 amide bonds. The molecule has 0 radical (unpaired) electrons. The summed E-state index contributed by atoms with van der Waals surface area (Å²) in [6.45, 7) is 4.20. The van der Waals surface area contributed by atoms with Crippen LogP contribution in [0.2, 0.25) is 0 Å². The average molecular weight is 126 g/mol. The summed E-state index contributed by atoms with van der Waals surface area (Å²) in [5, 5.41) is 9.39. The minimum atomic E-state index is -0.137. The lowest BCUT2D eigenvalue weighted by Gasteiger charge is -2.31. The molecule has 9 heavy (non-hydrogen) atoms. The van der Waals surface area contributed by atoms with Gasteiger partial charge >= 0.3 is 0 Å². The molecule has 1 atom stereocenters. The van der Waals surface area contributed by atoms with Gasteiger partial charge in [0, 0.05) is 0 Å². The fourth-order valence-corrected chi connectivity index (χ4v) is 1.07. The molecule has 0 aromatic rings. The molecule has 1 N–H and O–H groups in total. The first-order valence-corrected chi connectivity index (χ1v) is 3.46. The second-order valence-electron chi connectivity index (χ2n) is 3.42. The summed E-state index contributed by atoms with van der Waals surface area (Å²) >= 11 is 0. The van der Waals surface area contributed by atoms with E-state index in [-0.39, 0.29) is 11.5 Å². The smallest absolute Gasteiger partial charge is 0.0628 e. The SMILES string of the molecule is CC1(C)CC=CC[C@@H]1O. The Bertz CT molecular complexity index is 125. The maximum Gasteiger partial charge on any atom is 0.0628 e. The van der Waals surface area contributed by atoms with Gasteiger partial charge in [-0.1, -0.05) is 26.0 Å². The number of hydrogen-bond acceptors (Lipinski definition) is 1. The summed E-state index contributed by atoms with van der Waals surface area (Å²) in [5.41, 5.74) is 0.106. The Labute approximate surface area is 56.4 Å². The normalized spacial score (nSPS) is 32.6. The van der Waals surface area contributed by atoms with Crippen LogP contribution in [0.15, 0.2) is 12.2 Å². The molecular weight excluding hydrogens is 112 g/mol. The molecule has 1 aliphatic rings. The molecule has 52 valence electrons. The zero-order valence-electron chi connectivity index (χ0n) is 6.09. The topological polar surface area (TPSA) is 20.2 Å². The van der Waals surface area contributed by atoms with Gasteiger partial charge in [-0.25, -0.2) is 0 Å². The molecule has 0 spiro atoms. The summed E-state index contributed by atoms with van der Waals surface area (Å²) in [6.07, 6.45) is 5.89. The Hall–Kier alpha value is -0.300. The Morgan fingerprint density at radius 1 is 1.44 bits per heavy atom. The third-order valence-electron chi connectivity index (χ3n) is 2.07. The number of aliphatic hydroxyl groups is 1. The summed E-state index contributed by atoms with van der Waals surface area (Å²) < 4.78 is 0. The van der Waals surface area contributed by atoms with Gasteiger partial charge < -0.3 is 5.11 Å². The van der Waals surface area contributed by atoms with Crippen LogP contribution in [0.25, 0.3) is 0 Å². The highest BCUT2D eigenvalue weighted by atomic mass is 16.3. The van der Waals surface area contributed by atoms with Gasteiger partial charge in [-0.05, 0) is 18.3 Å². The van der Waals surface area contributed by atoms with Crippen LogP contribution in [0.5, 0.6) is 0 Å². The van der Waals surface area contributed by atoms with Crippen molar-refractivity contribution in [2.45, 2.75) is 32.8 Å². The summed E-state index contributed by atoms with van der Waals surface area (Å²) in [7, 11) is 0. The largest absolute Gasteiger partial charge is 0.392 e. The summed E-state index contributed by atoms with van der Waals surface area (Å²) in [4.78, 5) is 0. The number of rotatable bonds is 0. The van der Waals surface area contributed by atoms with Gasteiger partial charge in [-0.3, -0.25) is 0 Å². The van der Waals surface area contributed by atoms with Gasteiger partial charge in [0.25, 0.3) is 0 Å². The Morgan fingerprint density at radius 3 is 2.44 bits per heavy atom. The van der Waals surface area contributed by atoms with E-state index in [4.69, 9.17) is 0 Å². The molecule has 0 aromatic carbocycles. The van der Waals surface area contributed by atoms with Gasteiger partial charge in [0.05, 0.1) is 6.10 Å². The molecule has 1 rings (SSSR count). The third kappa shape index (κ3) is 1.33. The predicted molar refractivity (Wildman–Crippen MR) is 38.2 cm³/mol. The number of aliphatic hydroxyl groups excluding tert-OH is 1. The minimum Gasteiger partial charge on any atom is -0.392 e. The quantitative estimate of drug-likeness (QED) is 0.490. The van der Waals surface area contributed by atoms with Crippen LogP contribution in [-0.4, -0.2) is 11.2 Å². The highest BCUT2D eigenvalue weighted by Crippen LogP contribution is 2.31. The zero-order valence-corrected chi connectivity index (χ0v) is 6.09. The second-order valence-corrected chi connectivity index (χ2v) is 3.42. The van der Waals surface area contributed by atoms with E-state index in [0.717, 1.165) is 12.8 Å². The fourth-order valence-electron chi connectivity index (χ4n) is 1.07. The van der Waals surface area contributed by atoms with Crippen molar-refractivity contribution in [3.8, 4) is 0 Å². The minimum absolute atomic E-state index is 0.106. The molecule has 0 fully saturated rings. The molecule has 1 nitrogen and oxygen atoms in total. The van der Waals surface area contributed by atoms with Crippen molar-refractivity contribution in [2.75, 3.05) is 0 Å². The first-order chi connectivity index (χ1) is 4.13. The van der Waals surface area contributed by atoms with Gasteiger partial charge in [0.15, 0.2) is 0 Å². The highest BCUT2D eigenvalue weighted by molar-refractivity contribution is 4.98. The van der Waals surface area contributed by atoms with Crippen LogP contribution in [-0.2, 0) is 0 Å². The summed E-state index contributed by atoms with van der Waals surface area (Å²) in [6, 6.07) is 0. The first-order valence-electron chi connectivity index (χ1n) is 3.46. The molecule has 0 aliphatic heterocycles. The Morgan fingerprint density at radius 2 is 2.11 bits per heavy atom. The van der Waals surface area contributed by atoms with Crippen LogP contribution >= 0.6 is 0 Å². The molecule has 1 aliphatic carbocycles. The van der Waals surface area contributed by atoms with Crippen molar-refractivity contribution in [2.24, 2.45) is 5.41 Å². The van der Waals surface area contributed by atoms with Crippen molar-refractivity contribution < 1.29 is 5.11 Å². The lowest BCUT2D eigenvalue weighted by Crippen LogP contribution is -2.30. The second kappa shape index (κ2) is 2.14. The van der Waals surface area contributed by atoms with Crippen LogP contribution < -0.4 is 0 Å². The molecule has 0 heterocycles. The van der Waals surface area contributed by atoms with E-state index in [0.29, 0.717) is 0 Å². The third-order valence-corrected chi connectivity index (χ3v) is 2.07. The first kappa shape index (κ1) is 6.81.